The Bertz CT molecular complexity index is 79.3. The molecule has 0 fully saturated rings. The van der Waals surface area contributed by atoms with Gasteiger partial charge in [0.2, 0.25) is 0 Å². The van der Waals surface area contributed by atoms with Gasteiger partial charge in [0.25, 0.3) is 0 Å². The maximum Gasteiger partial charge on any atom is 0.0586 e. The van der Waals surface area contributed by atoms with Crippen LogP contribution in [-0.2, 0) is 0 Å². The first-order valence-electron chi connectivity index (χ1n) is 3.96. The normalized spacial score (nSPS) is 14.7. The van der Waals surface area contributed by atoms with Crippen LogP contribution in [0.2, 0.25) is 0 Å². The van der Waals surface area contributed by atoms with Crippen molar-refractivity contribution in [3.05, 3.63) is 0 Å². The molecule has 0 rings (SSSR count). The predicted molar refractivity (Wildman–Crippen MR) is 44.1 cm³/mol. The molecule has 0 bridgehead atoms. The first-order valence-corrected chi connectivity index (χ1v) is 3.96. The van der Waals surface area contributed by atoms with Gasteiger partial charge in [-0.05, 0) is 27.3 Å². The van der Waals surface area contributed by atoms with Crippen molar-refractivity contribution in [2.45, 2.75) is 39.3 Å². The highest BCUT2D eigenvalue weighted by molar-refractivity contribution is 4.68. The molecule has 1 unspecified atom stereocenters. The summed E-state index contributed by atoms with van der Waals surface area (Å²) in [7, 11) is 2.05. The molecule has 0 saturated carbocycles. The molecule has 0 saturated heterocycles. The molecule has 0 spiro atoms. The molecule has 1 N–H and O–H groups in total. The molecule has 1 atom stereocenters. The third kappa shape index (κ3) is 2.67. The summed E-state index contributed by atoms with van der Waals surface area (Å²) in [4.78, 5) is 2.19. The van der Waals surface area contributed by atoms with Crippen LogP contribution in [-0.4, -0.2) is 35.7 Å². The average Bonchev–Trinajstić information content (AvgIpc) is 1.90. The van der Waals surface area contributed by atoms with Gasteiger partial charge in [-0.2, -0.15) is 0 Å². The fourth-order valence-corrected chi connectivity index (χ4v) is 0.968. The summed E-state index contributed by atoms with van der Waals surface area (Å²) in [5, 5.41) is 8.90. The maximum absolute atomic E-state index is 8.90. The third-order valence-corrected chi connectivity index (χ3v) is 2.07. The van der Waals surface area contributed by atoms with Gasteiger partial charge in [0.1, 0.15) is 0 Å². The van der Waals surface area contributed by atoms with Crippen LogP contribution in [0.5, 0.6) is 0 Å². The number of likely N-dealkylation sites (N-methyl/N-ethyl adjacent to an activating group) is 1. The number of rotatable bonds is 4. The minimum absolute atomic E-state index is 0.269. The fourth-order valence-electron chi connectivity index (χ4n) is 0.968. The molecule has 0 aromatic heterocycles. The van der Waals surface area contributed by atoms with Crippen LogP contribution in [0.25, 0.3) is 0 Å². The van der Waals surface area contributed by atoms with Crippen LogP contribution in [0, 0.1) is 0 Å². The second-order valence-corrected chi connectivity index (χ2v) is 3.00. The van der Waals surface area contributed by atoms with E-state index >= 15 is 0 Å². The zero-order chi connectivity index (χ0) is 8.15. The number of hydrogen-bond donors (Lipinski definition) is 1. The highest BCUT2D eigenvalue weighted by Crippen LogP contribution is 2.04. The van der Waals surface area contributed by atoms with E-state index in [0.29, 0.717) is 12.1 Å². The molecule has 62 valence electrons. The fraction of sp³-hybridized carbons (Fsp3) is 1.00. The molecule has 2 nitrogen and oxygen atoms in total. The quantitative estimate of drug-likeness (QED) is 0.640. The molecule has 0 heterocycles. The van der Waals surface area contributed by atoms with Gasteiger partial charge in [0.15, 0.2) is 0 Å². The molecule has 10 heavy (non-hydrogen) atoms. The van der Waals surface area contributed by atoms with Crippen LogP contribution in [0.4, 0.5) is 0 Å². The molecular formula is C8H19NO. The Morgan fingerprint density at radius 3 is 2.00 bits per heavy atom. The van der Waals surface area contributed by atoms with Gasteiger partial charge in [-0.15, -0.1) is 0 Å². The summed E-state index contributed by atoms with van der Waals surface area (Å²) in [6.07, 6.45) is 1.02. The Morgan fingerprint density at radius 1 is 1.40 bits per heavy atom. The SMILES string of the molecule is CCC(CO)N(C)C(C)C. The number of aliphatic hydroxyl groups is 1. The van der Waals surface area contributed by atoms with Crippen LogP contribution in [0.3, 0.4) is 0 Å². The van der Waals surface area contributed by atoms with Crippen LogP contribution < -0.4 is 0 Å². The zero-order valence-corrected chi connectivity index (χ0v) is 7.46. The van der Waals surface area contributed by atoms with E-state index in [2.05, 4.69) is 32.7 Å². The molecule has 0 radical (unpaired) electrons. The summed E-state index contributed by atoms with van der Waals surface area (Å²) in [6.45, 7) is 6.64. The van der Waals surface area contributed by atoms with E-state index in [1.54, 1.807) is 0 Å². The summed E-state index contributed by atoms with van der Waals surface area (Å²) in [5.74, 6) is 0. The average molecular weight is 145 g/mol. The van der Waals surface area contributed by atoms with E-state index in [1.165, 1.54) is 0 Å². The topological polar surface area (TPSA) is 23.5 Å². The second-order valence-electron chi connectivity index (χ2n) is 3.00. The Labute approximate surface area is 63.8 Å². The van der Waals surface area contributed by atoms with E-state index < -0.39 is 0 Å². The standard InChI is InChI=1S/C8H19NO/c1-5-8(6-10)9(4)7(2)3/h7-8,10H,5-6H2,1-4H3. The lowest BCUT2D eigenvalue weighted by Gasteiger charge is -2.28. The van der Waals surface area contributed by atoms with Gasteiger partial charge >= 0.3 is 0 Å². The molecular weight excluding hydrogens is 126 g/mol. The summed E-state index contributed by atoms with van der Waals surface area (Å²) in [6, 6.07) is 0.858. The minimum Gasteiger partial charge on any atom is -0.395 e. The van der Waals surface area contributed by atoms with E-state index in [4.69, 9.17) is 5.11 Å². The first kappa shape index (κ1) is 9.92. The van der Waals surface area contributed by atoms with Gasteiger partial charge < -0.3 is 5.11 Å². The predicted octanol–water partition coefficient (Wildman–Crippen LogP) is 1.10. The number of aliphatic hydroxyl groups excluding tert-OH is 1. The molecule has 0 amide bonds. The van der Waals surface area contributed by atoms with Gasteiger partial charge in [-0.3, -0.25) is 4.90 Å². The lowest BCUT2D eigenvalue weighted by atomic mass is 10.2. The Hall–Kier alpha value is -0.0800. The first-order chi connectivity index (χ1) is 4.63. The Kier molecular flexibility index (Phi) is 4.65. The lowest BCUT2D eigenvalue weighted by molar-refractivity contribution is 0.119. The van der Waals surface area contributed by atoms with Crippen molar-refractivity contribution in [3.8, 4) is 0 Å². The molecule has 0 aromatic rings. The van der Waals surface area contributed by atoms with Crippen molar-refractivity contribution < 1.29 is 5.11 Å². The maximum atomic E-state index is 8.90. The number of hydrogen-bond acceptors (Lipinski definition) is 2. The molecule has 2 heteroatoms. The molecule has 0 aliphatic carbocycles. The van der Waals surface area contributed by atoms with Crippen LogP contribution in [0.15, 0.2) is 0 Å². The van der Waals surface area contributed by atoms with Gasteiger partial charge in [0.05, 0.1) is 6.61 Å². The van der Waals surface area contributed by atoms with Gasteiger partial charge in [-0.25, -0.2) is 0 Å². The smallest absolute Gasteiger partial charge is 0.0586 e. The van der Waals surface area contributed by atoms with Crippen molar-refractivity contribution in [1.29, 1.82) is 0 Å². The zero-order valence-electron chi connectivity index (χ0n) is 7.46. The second kappa shape index (κ2) is 4.69. The van der Waals surface area contributed by atoms with Crippen molar-refractivity contribution >= 4 is 0 Å². The Morgan fingerprint density at radius 2 is 1.90 bits per heavy atom. The van der Waals surface area contributed by atoms with Crippen LogP contribution >= 0.6 is 0 Å². The largest absolute Gasteiger partial charge is 0.395 e. The van der Waals surface area contributed by atoms with Crippen molar-refractivity contribution in [2.75, 3.05) is 13.7 Å². The van der Waals surface area contributed by atoms with E-state index in [0.717, 1.165) is 6.42 Å². The highest BCUT2D eigenvalue weighted by atomic mass is 16.3. The monoisotopic (exact) mass is 145 g/mol. The van der Waals surface area contributed by atoms with E-state index in [1.807, 2.05) is 0 Å². The Balaban J connectivity index is 3.76. The summed E-state index contributed by atoms with van der Waals surface area (Å²) < 4.78 is 0. The van der Waals surface area contributed by atoms with Gasteiger partial charge in [-0.1, -0.05) is 6.92 Å². The van der Waals surface area contributed by atoms with Crippen molar-refractivity contribution in [2.24, 2.45) is 0 Å². The van der Waals surface area contributed by atoms with E-state index in [9.17, 15) is 0 Å². The van der Waals surface area contributed by atoms with E-state index in [-0.39, 0.29) is 6.61 Å². The molecule has 0 aliphatic rings. The highest BCUT2D eigenvalue weighted by Gasteiger charge is 2.13. The minimum atomic E-state index is 0.269. The van der Waals surface area contributed by atoms with Gasteiger partial charge in [0, 0.05) is 12.1 Å². The third-order valence-electron chi connectivity index (χ3n) is 2.07. The molecule has 0 aromatic carbocycles. The van der Waals surface area contributed by atoms with Crippen molar-refractivity contribution in [3.63, 3.8) is 0 Å². The lowest BCUT2D eigenvalue weighted by Crippen LogP contribution is -2.38. The van der Waals surface area contributed by atoms with Crippen LogP contribution in [0.1, 0.15) is 27.2 Å². The number of nitrogens with zero attached hydrogens (tertiary/aromatic N) is 1. The summed E-state index contributed by atoms with van der Waals surface area (Å²) in [5.41, 5.74) is 0. The summed E-state index contributed by atoms with van der Waals surface area (Å²) >= 11 is 0. The molecule has 0 aliphatic heterocycles. The van der Waals surface area contributed by atoms with Crippen molar-refractivity contribution in [1.82, 2.24) is 4.90 Å².